The van der Waals surface area contributed by atoms with Gasteiger partial charge in [-0.05, 0) is 19.5 Å². The van der Waals surface area contributed by atoms with Crippen LogP contribution >= 0.6 is 0 Å². The van der Waals surface area contributed by atoms with E-state index in [4.69, 9.17) is 9.47 Å². The zero-order valence-corrected chi connectivity index (χ0v) is 12.0. The van der Waals surface area contributed by atoms with E-state index in [-0.39, 0.29) is 24.0 Å². The van der Waals surface area contributed by atoms with Gasteiger partial charge in [-0.1, -0.05) is 6.92 Å². The van der Waals surface area contributed by atoms with Crippen molar-refractivity contribution in [2.45, 2.75) is 38.5 Å². The van der Waals surface area contributed by atoms with Crippen LogP contribution in [-0.2, 0) is 4.74 Å². The van der Waals surface area contributed by atoms with Gasteiger partial charge in [0, 0.05) is 31.2 Å². The van der Waals surface area contributed by atoms with Crippen molar-refractivity contribution in [1.82, 2.24) is 5.32 Å². The maximum absolute atomic E-state index is 13.6. The van der Waals surface area contributed by atoms with E-state index in [1.165, 1.54) is 6.07 Å². The number of nitro benzene ring substituents is 1. The summed E-state index contributed by atoms with van der Waals surface area (Å²) in [4.78, 5) is 9.81. The first kappa shape index (κ1) is 15.7. The summed E-state index contributed by atoms with van der Waals surface area (Å²) < 4.78 is 24.9. The number of hydrogen-bond acceptors (Lipinski definition) is 5. The van der Waals surface area contributed by atoms with Gasteiger partial charge in [-0.2, -0.15) is 4.39 Å². The van der Waals surface area contributed by atoms with Gasteiger partial charge in [-0.25, -0.2) is 0 Å². The van der Waals surface area contributed by atoms with Crippen molar-refractivity contribution in [3.63, 3.8) is 0 Å². The molecule has 21 heavy (non-hydrogen) atoms. The second-order valence-corrected chi connectivity index (χ2v) is 4.85. The molecule has 2 rings (SSSR count). The van der Waals surface area contributed by atoms with Gasteiger partial charge in [0.15, 0.2) is 0 Å². The molecule has 0 aromatic heterocycles. The Balaban J connectivity index is 2.01. The SMILES string of the molecule is CCNC1CC(Oc2ccc([N+](=O)[O-])c(F)c2)C1OCC. The zero-order chi connectivity index (χ0) is 15.4. The molecule has 1 aliphatic carbocycles. The number of ether oxygens (including phenoxy) is 2. The number of halogens is 1. The lowest BCUT2D eigenvalue weighted by atomic mass is 9.85. The average Bonchev–Trinajstić information content (AvgIpc) is 2.43. The van der Waals surface area contributed by atoms with E-state index in [1.807, 2.05) is 13.8 Å². The Bertz CT molecular complexity index is 512. The molecule has 0 spiro atoms. The fourth-order valence-corrected chi connectivity index (χ4v) is 2.46. The summed E-state index contributed by atoms with van der Waals surface area (Å²) in [6, 6.07) is 3.79. The fourth-order valence-electron chi connectivity index (χ4n) is 2.46. The summed E-state index contributed by atoms with van der Waals surface area (Å²) in [5.74, 6) is -0.615. The highest BCUT2D eigenvalue weighted by Gasteiger charge is 2.43. The highest BCUT2D eigenvalue weighted by molar-refractivity contribution is 5.38. The van der Waals surface area contributed by atoms with E-state index >= 15 is 0 Å². The van der Waals surface area contributed by atoms with Crippen LogP contribution in [0.5, 0.6) is 5.75 Å². The number of hydrogen-bond donors (Lipinski definition) is 1. The molecule has 1 N–H and O–H groups in total. The summed E-state index contributed by atoms with van der Waals surface area (Å²) >= 11 is 0. The molecular formula is C14H19FN2O4. The lowest BCUT2D eigenvalue weighted by molar-refractivity contribution is -0.387. The molecule has 1 aliphatic rings. The molecule has 1 fully saturated rings. The van der Waals surface area contributed by atoms with Crippen LogP contribution in [0.3, 0.4) is 0 Å². The van der Waals surface area contributed by atoms with Gasteiger partial charge in [-0.3, -0.25) is 10.1 Å². The highest BCUT2D eigenvalue weighted by atomic mass is 19.1. The molecule has 6 nitrogen and oxygen atoms in total. The van der Waals surface area contributed by atoms with Crippen LogP contribution in [-0.4, -0.2) is 36.3 Å². The topological polar surface area (TPSA) is 73.6 Å². The van der Waals surface area contributed by atoms with E-state index in [2.05, 4.69) is 5.32 Å². The van der Waals surface area contributed by atoms with Crippen molar-refractivity contribution >= 4 is 5.69 Å². The van der Waals surface area contributed by atoms with Gasteiger partial charge in [0.25, 0.3) is 0 Å². The highest BCUT2D eigenvalue weighted by Crippen LogP contribution is 2.31. The monoisotopic (exact) mass is 298 g/mol. The largest absolute Gasteiger partial charge is 0.487 e. The minimum absolute atomic E-state index is 0.0896. The van der Waals surface area contributed by atoms with Gasteiger partial charge in [0.1, 0.15) is 18.0 Å². The van der Waals surface area contributed by atoms with Gasteiger partial charge < -0.3 is 14.8 Å². The van der Waals surface area contributed by atoms with Crippen LogP contribution in [0.1, 0.15) is 20.3 Å². The van der Waals surface area contributed by atoms with E-state index in [1.54, 1.807) is 0 Å². The molecule has 116 valence electrons. The summed E-state index contributed by atoms with van der Waals surface area (Å²) in [6.07, 6.45) is 0.500. The fraction of sp³-hybridized carbons (Fsp3) is 0.571. The number of nitrogens with zero attached hydrogens (tertiary/aromatic N) is 1. The van der Waals surface area contributed by atoms with E-state index < -0.39 is 16.4 Å². The van der Waals surface area contributed by atoms with Crippen LogP contribution in [0.25, 0.3) is 0 Å². The molecule has 1 aromatic rings. The Morgan fingerprint density at radius 3 is 2.81 bits per heavy atom. The molecule has 3 atom stereocenters. The molecule has 0 heterocycles. The molecule has 0 aliphatic heterocycles. The lowest BCUT2D eigenvalue weighted by Crippen LogP contribution is -2.61. The standard InChI is InChI=1S/C14H19FN2O4/c1-3-16-11-8-13(14(11)20-4-2)21-9-5-6-12(17(18)19)10(15)7-9/h5-7,11,13-14,16H,3-4,8H2,1-2H3. The van der Waals surface area contributed by atoms with Crippen molar-refractivity contribution in [1.29, 1.82) is 0 Å². The first-order chi connectivity index (χ1) is 10.1. The summed E-state index contributed by atoms with van der Waals surface area (Å²) in [6.45, 7) is 5.33. The lowest BCUT2D eigenvalue weighted by Gasteiger charge is -2.44. The zero-order valence-electron chi connectivity index (χ0n) is 12.0. The second-order valence-electron chi connectivity index (χ2n) is 4.85. The van der Waals surface area contributed by atoms with Gasteiger partial charge in [-0.15, -0.1) is 0 Å². The van der Waals surface area contributed by atoms with Crippen LogP contribution in [0.15, 0.2) is 18.2 Å². The quantitative estimate of drug-likeness (QED) is 0.617. The van der Waals surface area contributed by atoms with Crippen molar-refractivity contribution in [2.75, 3.05) is 13.2 Å². The van der Waals surface area contributed by atoms with E-state index in [0.717, 1.165) is 25.1 Å². The summed E-state index contributed by atoms with van der Waals surface area (Å²) in [5, 5.41) is 13.9. The van der Waals surface area contributed by atoms with Crippen LogP contribution in [0.2, 0.25) is 0 Å². The number of likely N-dealkylation sites (N-methyl/N-ethyl adjacent to an activating group) is 1. The minimum atomic E-state index is -0.895. The third-order valence-electron chi connectivity index (χ3n) is 3.48. The first-order valence-electron chi connectivity index (χ1n) is 7.02. The van der Waals surface area contributed by atoms with Gasteiger partial charge in [0.05, 0.1) is 4.92 Å². The van der Waals surface area contributed by atoms with Crippen molar-refractivity contribution in [3.8, 4) is 5.75 Å². The number of nitro groups is 1. The summed E-state index contributed by atoms with van der Waals surface area (Å²) in [7, 11) is 0. The number of nitrogens with one attached hydrogen (secondary N) is 1. The smallest absolute Gasteiger partial charge is 0.305 e. The third kappa shape index (κ3) is 3.48. The predicted molar refractivity (Wildman–Crippen MR) is 75.0 cm³/mol. The third-order valence-corrected chi connectivity index (χ3v) is 3.48. The summed E-state index contributed by atoms with van der Waals surface area (Å²) in [5.41, 5.74) is -0.553. The molecule has 1 aromatic carbocycles. The molecule has 0 bridgehead atoms. The average molecular weight is 298 g/mol. The predicted octanol–water partition coefficient (Wildman–Crippen LogP) is 2.27. The van der Waals surface area contributed by atoms with Crippen LogP contribution in [0, 0.1) is 15.9 Å². The first-order valence-corrected chi connectivity index (χ1v) is 7.02. The molecule has 3 unspecified atom stereocenters. The van der Waals surface area contributed by atoms with Crippen LogP contribution in [0.4, 0.5) is 10.1 Å². The number of rotatable bonds is 7. The Hall–Kier alpha value is -1.73. The van der Waals surface area contributed by atoms with Gasteiger partial charge in [0.2, 0.25) is 5.82 Å². The molecule has 0 radical (unpaired) electrons. The maximum atomic E-state index is 13.6. The minimum Gasteiger partial charge on any atom is -0.487 e. The molecule has 7 heteroatoms. The van der Waals surface area contributed by atoms with Crippen LogP contribution < -0.4 is 10.1 Å². The Labute approximate surface area is 122 Å². The molecule has 0 saturated heterocycles. The number of benzene rings is 1. The molecule has 0 amide bonds. The Morgan fingerprint density at radius 1 is 1.48 bits per heavy atom. The second kappa shape index (κ2) is 6.82. The van der Waals surface area contributed by atoms with Crippen molar-refractivity contribution < 1.29 is 18.8 Å². The van der Waals surface area contributed by atoms with Gasteiger partial charge >= 0.3 is 5.69 Å². The maximum Gasteiger partial charge on any atom is 0.305 e. The van der Waals surface area contributed by atoms with E-state index in [0.29, 0.717) is 6.61 Å². The van der Waals surface area contributed by atoms with E-state index in [9.17, 15) is 14.5 Å². The Kier molecular flexibility index (Phi) is 5.08. The molecule has 1 saturated carbocycles. The molecular weight excluding hydrogens is 279 g/mol. The van der Waals surface area contributed by atoms with Crippen molar-refractivity contribution in [2.24, 2.45) is 0 Å². The Morgan fingerprint density at radius 2 is 2.24 bits per heavy atom. The normalized spacial score (nSPS) is 24.4. The van der Waals surface area contributed by atoms with Crippen molar-refractivity contribution in [3.05, 3.63) is 34.1 Å².